The molecule has 0 atom stereocenters. The maximum Gasteiger partial charge on any atom is 0.222 e. The molecule has 0 radical (unpaired) electrons. The van der Waals surface area contributed by atoms with Gasteiger partial charge in [-0.1, -0.05) is 6.92 Å². The molecule has 100 valence electrons. The van der Waals surface area contributed by atoms with Gasteiger partial charge in [0.2, 0.25) is 5.95 Å². The Balaban J connectivity index is 1.80. The van der Waals surface area contributed by atoms with Gasteiger partial charge in [-0.05, 0) is 31.0 Å². The fourth-order valence-corrected chi connectivity index (χ4v) is 1.77. The highest BCUT2D eigenvalue weighted by molar-refractivity contribution is 5.40. The van der Waals surface area contributed by atoms with E-state index in [1.165, 1.54) is 0 Å². The third-order valence-corrected chi connectivity index (χ3v) is 2.81. The van der Waals surface area contributed by atoms with Crippen LogP contribution >= 0.6 is 0 Å². The van der Waals surface area contributed by atoms with Gasteiger partial charge >= 0.3 is 0 Å². The molecule has 0 amide bonds. The Morgan fingerprint density at radius 2 is 2.00 bits per heavy atom. The zero-order chi connectivity index (χ0) is 13.5. The van der Waals surface area contributed by atoms with E-state index in [4.69, 9.17) is 0 Å². The van der Waals surface area contributed by atoms with Crippen molar-refractivity contribution in [3.8, 4) is 0 Å². The molecule has 0 bridgehead atoms. The van der Waals surface area contributed by atoms with Crippen LogP contribution in [0.25, 0.3) is 0 Å². The predicted molar refractivity (Wildman–Crippen MR) is 77.4 cm³/mol. The van der Waals surface area contributed by atoms with Gasteiger partial charge in [0.05, 0.1) is 5.69 Å². The predicted octanol–water partition coefficient (Wildman–Crippen LogP) is 2.27. The van der Waals surface area contributed by atoms with Crippen LogP contribution in [0.15, 0.2) is 30.7 Å². The van der Waals surface area contributed by atoms with Gasteiger partial charge in [0.25, 0.3) is 0 Å². The molecule has 2 rings (SSSR count). The molecule has 0 spiro atoms. The van der Waals surface area contributed by atoms with Crippen LogP contribution in [0.1, 0.15) is 18.2 Å². The molecule has 2 aromatic heterocycles. The maximum absolute atomic E-state index is 4.47. The minimum absolute atomic E-state index is 0.690. The van der Waals surface area contributed by atoms with Crippen LogP contribution in [0.5, 0.6) is 0 Å². The highest BCUT2D eigenvalue weighted by atomic mass is 15.1. The molecule has 5 nitrogen and oxygen atoms in total. The second kappa shape index (κ2) is 6.68. The van der Waals surface area contributed by atoms with E-state index in [1.54, 1.807) is 12.4 Å². The van der Waals surface area contributed by atoms with E-state index in [1.807, 2.05) is 25.3 Å². The lowest BCUT2D eigenvalue weighted by Gasteiger charge is -2.09. The standard InChI is InChI=1S/C14H19N5/c1-3-13-11(2)9-18-14(19-13)17-8-7-16-12-5-4-6-15-10-12/h4-6,9-10,16H,3,7-8H2,1-2H3,(H,17,18,19). The molecule has 0 fully saturated rings. The molecule has 0 unspecified atom stereocenters. The summed E-state index contributed by atoms with van der Waals surface area (Å²) in [6.07, 6.45) is 6.35. The van der Waals surface area contributed by atoms with Gasteiger partial charge in [0.15, 0.2) is 0 Å². The summed E-state index contributed by atoms with van der Waals surface area (Å²) in [5.41, 5.74) is 3.25. The molecule has 2 heterocycles. The average molecular weight is 257 g/mol. The average Bonchev–Trinajstić information content (AvgIpc) is 2.46. The molecule has 2 aromatic rings. The van der Waals surface area contributed by atoms with Crippen LogP contribution in [0, 0.1) is 6.92 Å². The fraction of sp³-hybridized carbons (Fsp3) is 0.357. The van der Waals surface area contributed by atoms with E-state index in [0.29, 0.717) is 5.95 Å². The molecule has 0 saturated carbocycles. The SMILES string of the molecule is CCc1nc(NCCNc2cccnc2)ncc1C. The van der Waals surface area contributed by atoms with Crippen molar-refractivity contribution < 1.29 is 0 Å². The summed E-state index contributed by atoms with van der Waals surface area (Å²) in [5, 5.41) is 6.49. The molecule has 0 aliphatic heterocycles. The van der Waals surface area contributed by atoms with E-state index < -0.39 is 0 Å². The number of aromatic nitrogens is 3. The summed E-state index contributed by atoms with van der Waals surface area (Å²) in [6, 6.07) is 3.90. The highest BCUT2D eigenvalue weighted by Gasteiger charge is 2.01. The van der Waals surface area contributed by atoms with Crippen molar-refractivity contribution in [1.82, 2.24) is 15.0 Å². The van der Waals surface area contributed by atoms with Crippen LogP contribution in [0.2, 0.25) is 0 Å². The largest absolute Gasteiger partial charge is 0.382 e. The summed E-state index contributed by atoms with van der Waals surface area (Å²) in [5.74, 6) is 0.690. The Morgan fingerprint density at radius 3 is 2.74 bits per heavy atom. The fourth-order valence-electron chi connectivity index (χ4n) is 1.77. The molecule has 0 aliphatic carbocycles. The molecule has 0 aliphatic rings. The van der Waals surface area contributed by atoms with E-state index in [0.717, 1.165) is 36.5 Å². The van der Waals surface area contributed by atoms with Crippen LogP contribution in [0.4, 0.5) is 11.6 Å². The molecular weight excluding hydrogens is 238 g/mol. The van der Waals surface area contributed by atoms with E-state index in [2.05, 4.69) is 32.5 Å². The first-order valence-corrected chi connectivity index (χ1v) is 6.50. The Bertz CT molecular complexity index is 512. The van der Waals surface area contributed by atoms with Gasteiger partial charge in [-0.25, -0.2) is 9.97 Å². The van der Waals surface area contributed by atoms with Crippen molar-refractivity contribution in [2.45, 2.75) is 20.3 Å². The van der Waals surface area contributed by atoms with Crippen LogP contribution < -0.4 is 10.6 Å². The summed E-state index contributed by atoms with van der Waals surface area (Å²) in [4.78, 5) is 12.8. The lowest BCUT2D eigenvalue weighted by molar-refractivity contribution is 0.949. The normalized spacial score (nSPS) is 10.2. The molecule has 0 saturated heterocycles. The van der Waals surface area contributed by atoms with Crippen molar-refractivity contribution in [3.63, 3.8) is 0 Å². The van der Waals surface area contributed by atoms with Crippen molar-refractivity contribution >= 4 is 11.6 Å². The van der Waals surface area contributed by atoms with Crippen LogP contribution in [0.3, 0.4) is 0 Å². The number of rotatable bonds is 6. The lowest BCUT2D eigenvalue weighted by Crippen LogP contribution is -2.15. The Hall–Kier alpha value is -2.17. The minimum atomic E-state index is 0.690. The van der Waals surface area contributed by atoms with Gasteiger partial charge in [-0.3, -0.25) is 4.98 Å². The van der Waals surface area contributed by atoms with Gasteiger partial charge in [0.1, 0.15) is 0 Å². The minimum Gasteiger partial charge on any atom is -0.382 e. The second-order valence-electron chi connectivity index (χ2n) is 4.27. The zero-order valence-corrected chi connectivity index (χ0v) is 11.3. The number of anilines is 2. The van der Waals surface area contributed by atoms with Crippen molar-refractivity contribution in [3.05, 3.63) is 42.0 Å². The molecule has 2 N–H and O–H groups in total. The topological polar surface area (TPSA) is 62.7 Å². The van der Waals surface area contributed by atoms with Crippen molar-refractivity contribution in [2.75, 3.05) is 23.7 Å². The number of hydrogen-bond acceptors (Lipinski definition) is 5. The van der Waals surface area contributed by atoms with E-state index in [-0.39, 0.29) is 0 Å². The summed E-state index contributed by atoms with van der Waals surface area (Å²) in [7, 11) is 0. The number of hydrogen-bond donors (Lipinski definition) is 2. The first-order valence-electron chi connectivity index (χ1n) is 6.50. The number of nitrogens with one attached hydrogen (secondary N) is 2. The summed E-state index contributed by atoms with van der Waals surface area (Å²) >= 11 is 0. The molecule has 19 heavy (non-hydrogen) atoms. The second-order valence-corrected chi connectivity index (χ2v) is 4.27. The number of pyridine rings is 1. The van der Waals surface area contributed by atoms with Gasteiger partial charge in [-0.15, -0.1) is 0 Å². The quantitative estimate of drug-likeness (QED) is 0.777. The van der Waals surface area contributed by atoms with Crippen molar-refractivity contribution in [2.24, 2.45) is 0 Å². The third-order valence-electron chi connectivity index (χ3n) is 2.81. The molecule has 5 heteroatoms. The van der Waals surface area contributed by atoms with Gasteiger partial charge < -0.3 is 10.6 Å². The molecule has 0 aromatic carbocycles. The molecular formula is C14H19N5. The van der Waals surface area contributed by atoms with Crippen LogP contribution in [-0.4, -0.2) is 28.0 Å². The highest BCUT2D eigenvalue weighted by Crippen LogP contribution is 2.07. The van der Waals surface area contributed by atoms with Crippen LogP contribution in [-0.2, 0) is 6.42 Å². The smallest absolute Gasteiger partial charge is 0.222 e. The lowest BCUT2D eigenvalue weighted by atomic mass is 10.2. The first-order chi connectivity index (χ1) is 9.29. The summed E-state index contributed by atoms with van der Waals surface area (Å²) < 4.78 is 0. The summed E-state index contributed by atoms with van der Waals surface area (Å²) in [6.45, 7) is 5.70. The maximum atomic E-state index is 4.47. The van der Waals surface area contributed by atoms with Gasteiger partial charge in [-0.2, -0.15) is 0 Å². The number of aryl methyl sites for hydroxylation is 2. The Morgan fingerprint density at radius 1 is 1.16 bits per heavy atom. The van der Waals surface area contributed by atoms with E-state index >= 15 is 0 Å². The monoisotopic (exact) mass is 257 g/mol. The van der Waals surface area contributed by atoms with E-state index in [9.17, 15) is 0 Å². The number of nitrogens with zero attached hydrogens (tertiary/aromatic N) is 3. The Labute approximate surface area is 113 Å². The van der Waals surface area contributed by atoms with Gasteiger partial charge in [0, 0.05) is 37.4 Å². The first kappa shape index (κ1) is 13.3. The zero-order valence-electron chi connectivity index (χ0n) is 11.3. The third kappa shape index (κ3) is 3.91. The van der Waals surface area contributed by atoms with Crippen molar-refractivity contribution in [1.29, 1.82) is 0 Å². The Kier molecular flexibility index (Phi) is 4.66.